The maximum absolute atomic E-state index is 14.6. The molecule has 0 fully saturated rings. The molecule has 11 nitrogen and oxygen atoms in total. The van der Waals surface area contributed by atoms with E-state index in [2.05, 4.69) is 46.5 Å². The summed E-state index contributed by atoms with van der Waals surface area (Å²) in [6.07, 6.45) is 7.88. The maximum atomic E-state index is 14.6. The number of benzene rings is 1. The molecule has 1 amide bonds. The molecule has 0 unspecified atom stereocenters. The van der Waals surface area contributed by atoms with Crippen LogP contribution >= 0.6 is 0 Å². The van der Waals surface area contributed by atoms with Crippen LogP contribution in [-0.2, 0) is 10.3 Å². The lowest BCUT2D eigenvalue weighted by Crippen LogP contribution is -2.22. The Labute approximate surface area is 223 Å². The molecule has 0 atom stereocenters. The first-order valence-electron chi connectivity index (χ1n) is 11.9. The molecule has 39 heavy (non-hydrogen) atoms. The normalized spacial score (nSPS) is 12.9. The van der Waals surface area contributed by atoms with E-state index in [1.165, 1.54) is 24.4 Å². The SMILES string of the molecule is CC(C)(C)c1cnc(C(=O)Nc2cc(C3=NNOC(Nc4ccc(-c5ccncc5)nn4)=C3)ccc2F)cn1. The van der Waals surface area contributed by atoms with Crippen molar-refractivity contribution in [3.05, 3.63) is 102 Å². The first kappa shape index (κ1) is 25.4. The van der Waals surface area contributed by atoms with Gasteiger partial charge >= 0.3 is 0 Å². The van der Waals surface area contributed by atoms with Crippen molar-refractivity contribution in [3.63, 3.8) is 0 Å². The first-order chi connectivity index (χ1) is 18.8. The molecule has 3 N–H and O–H groups in total. The Hall–Kier alpha value is -5.26. The highest BCUT2D eigenvalue weighted by atomic mass is 19.1. The fraction of sp³-hybridized carbons (Fsp3) is 0.148. The van der Waals surface area contributed by atoms with Crippen molar-refractivity contribution < 1.29 is 14.0 Å². The van der Waals surface area contributed by atoms with E-state index in [1.807, 2.05) is 39.0 Å². The van der Waals surface area contributed by atoms with Gasteiger partial charge in [-0.05, 0) is 42.5 Å². The quantitative estimate of drug-likeness (QED) is 0.338. The van der Waals surface area contributed by atoms with Crippen LogP contribution in [0.4, 0.5) is 15.9 Å². The Bertz CT molecular complexity index is 1550. The van der Waals surface area contributed by atoms with Gasteiger partial charge < -0.3 is 15.5 Å². The number of rotatable bonds is 6. The van der Waals surface area contributed by atoms with Crippen LogP contribution in [-0.4, -0.2) is 36.8 Å². The third-order valence-electron chi connectivity index (χ3n) is 5.64. The van der Waals surface area contributed by atoms with Crippen molar-refractivity contribution in [2.24, 2.45) is 5.10 Å². The standard InChI is InChI=1S/C27H24FN9O2/c1-27(2,3)23-15-30-22(14-31-23)26(38)32-21-12-17(4-5-18(21)28)20-13-25(39-37-35-20)33-24-7-6-19(34-36-24)16-8-10-29-11-9-16/h4-15,37H,1-3H3,(H,32,38)(H,33,36). The Kier molecular flexibility index (Phi) is 6.91. The number of hydrazone groups is 1. The van der Waals surface area contributed by atoms with Crippen molar-refractivity contribution >= 4 is 23.1 Å². The summed E-state index contributed by atoms with van der Waals surface area (Å²) in [7, 11) is 0. The lowest BCUT2D eigenvalue weighted by molar-refractivity contribution is 0.102. The summed E-state index contributed by atoms with van der Waals surface area (Å²) >= 11 is 0. The second kappa shape index (κ2) is 10.6. The van der Waals surface area contributed by atoms with E-state index in [9.17, 15) is 9.18 Å². The van der Waals surface area contributed by atoms with Gasteiger partial charge in [-0.1, -0.05) is 20.8 Å². The van der Waals surface area contributed by atoms with E-state index in [0.717, 1.165) is 11.3 Å². The highest BCUT2D eigenvalue weighted by molar-refractivity contribution is 6.10. The molecule has 4 aromatic rings. The number of carbonyl (C=O) groups is 1. The number of pyridine rings is 1. The molecule has 0 spiro atoms. The highest BCUT2D eigenvalue weighted by Gasteiger charge is 2.19. The van der Waals surface area contributed by atoms with Crippen molar-refractivity contribution in [3.8, 4) is 11.3 Å². The van der Waals surface area contributed by atoms with Gasteiger partial charge in [-0.2, -0.15) is 0 Å². The lowest BCUT2D eigenvalue weighted by Gasteiger charge is -2.17. The largest absolute Gasteiger partial charge is 0.347 e. The van der Waals surface area contributed by atoms with E-state index in [0.29, 0.717) is 22.8 Å². The number of hydrogen-bond acceptors (Lipinski definition) is 10. The molecule has 0 saturated carbocycles. The molecule has 4 heterocycles. The summed E-state index contributed by atoms with van der Waals surface area (Å²) in [5, 5.41) is 18.1. The molecule has 3 aromatic heterocycles. The second-order valence-electron chi connectivity index (χ2n) is 9.55. The third-order valence-corrected chi connectivity index (χ3v) is 5.64. The van der Waals surface area contributed by atoms with Crippen LogP contribution in [0.2, 0.25) is 0 Å². The van der Waals surface area contributed by atoms with Crippen LogP contribution in [0.3, 0.4) is 0 Å². The zero-order chi connectivity index (χ0) is 27.4. The van der Waals surface area contributed by atoms with E-state index < -0.39 is 11.7 Å². The average Bonchev–Trinajstić information content (AvgIpc) is 2.95. The molecule has 12 heteroatoms. The van der Waals surface area contributed by atoms with E-state index in [-0.39, 0.29) is 22.7 Å². The first-order valence-corrected chi connectivity index (χ1v) is 11.9. The molecule has 0 aliphatic carbocycles. The summed E-state index contributed by atoms with van der Waals surface area (Å²) in [4.78, 5) is 30.5. The molecule has 5 rings (SSSR count). The zero-order valence-corrected chi connectivity index (χ0v) is 21.3. The Morgan fingerprint density at radius 2 is 1.79 bits per heavy atom. The number of anilines is 2. The van der Waals surface area contributed by atoms with Crippen LogP contribution in [0.15, 0.2) is 84.3 Å². The van der Waals surface area contributed by atoms with Gasteiger partial charge in [0.2, 0.25) is 5.88 Å². The Morgan fingerprint density at radius 1 is 0.974 bits per heavy atom. The number of hydrogen-bond donors (Lipinski definition) is 3. The van der Waals surface area contributed by atoms with Gasteiger partial charge in [0.05, 0.1) is 29.0 Å². The van der Waals surface area contributed by atoms with Gasteiger partial charge in [0, 0.05) is 41.2 Å². The van der Waals surface area contributed by atoms with Gasteiger partial charge in [-0.15, -0.1) is 20.9 Å². The minimum Gasteiger partial charge on any atom is -0.347 e. The minimum atomic E-state index is -0.612. The summed E-state index contributed by atoms with van der Waals surface area (Å²) in [6, 6.07) is 11.5. The highest BCUT2D eigenvalue weighted by Crippen LogP contribution is 2.22. The lowest BCUT2D eigenvalue weighted by atomic mass is 9.93. The topological polar surface area (TPSA) is 139 Å². The molecule has 0 radical (unpaired) electrons. The average molecular weight is 526 g/mol. The van der Waals surface area contributed by atoms with E-state index in [1.54, 1.807) is 30.7 Å². The van der Waals surface area contributed by atoms with Crippen molar-refractivity contribution in [1.29, 1.82) is 0 Å². The molecule has 1 aromatic carbocycles. The Morgan fingerprint density at radius 3 is 2.49 bits per heavy atom. The van der Waals surface area contributed by atoms with Crippen LogP contribution in [0.5, 0.6) is 0 Å². The van der Waals surface area contributed by atoms with E-state index >= 15 is 0 Å². The molecule has 0 saturated heterocycles. The summed E-state index contributed by atoms with van der Waals surface area (Å²) in [5.74, 6) is -0.473. The summed E-state index contributed by atoms with van der Waals surface area (Å²) < 4.78 is 14.6. The fourth-order valence-electron chi connectivity index (χ4n) is 3.52. The van der Waals surface area contributed by atoms with Gasteiger partial charge in [-0.25, -0.2) is 9.37 Å². The zero-order valence-electron chi connectivity index (χ0n) is 21.3. The monoisotopic (exact) mass is 525 g/mol. The smallest absolute Gasteiger partial charge is 0.275 e. The summed E-state index contributed by atoms with van der Waals surface area (Å²) in [5.41, 5.74) is 5.56. The van der Waals surface area contributed by atoms with Crippen LogP contribution in [0.1, 0.15) is 42.5 Å². The third kappa shape index (κ3) is 6.01. The fourth-order valence-corrected chi connectivity index (χ4v) is 3.52. The van der Waals surface area contributed by atoms with Gasteiger partial charge in [-0.3, -0.25) is 14.8 Å². The van der Waals surface area contributed by atoms with Crippen molar-refractivity contribution in [2.45, 2.75) is 26.2 Å². The second-order valence-corrected chi connectivity index (χ2v) is 9.55. The van der Waals surface area contributed by atoms with Crippen LogP contribution in [0.25, 0.3) is 11.3 Å². The van der Waals surface area contributed by atoms with E-state index in [4.69, 9.17) is 4.84 Å². The molecule has 1 aliphatic rings. The van der Waals surface area contributed by atoms with Crippen LogP contribution < -0.4 is 16.2 Å². The van der Waals surface area contributed by atoms with Gasteiger partial charge in [0.1, 0.15) is 11.5 Å². The predicted octanol–water partition coefficient (Wildman–Crippen LogP) is 4.21. The Balaban J connectivity index is 1.29. The number of halogens is 1. The molecule has 0 bridgehead atoms. The number of aromatic nitrogens is 5. The molecular weight excluding hydrogens is 501 g/mol. The minimum absolute atomic E-state index is 0.0335. The molecule has 196 valence electrons. The molecular formula is C27H24FN9O2. The number of carbonyl (C=O) groups excluding carboxylic acids is 1. The predicted molar refractivity (Wildman–Crippen MR) is 143 cm³/mol. The summed E-state index contributed by atoms with van der Waals surface area (Å²) in [6.45, 7) is 5.98. The van der Waals surface area contributed by atoms with Crippen LogP contribution in [0, 0.1) is 5.82 Å². The number of nitrogens with one attached hydrogen (secondary N) is 3. The number of allylic oxidation sites excluding steroid dienone is 1. The number of amides is 1. The maximum Gasteiger partial charge on any atom is 0.275 e. The van der Waals surface area contributed by atoms with Crippen molar-refractivity contribution in [1.82, 2.24) is 30.7 Å². The molecule has 1 aliphatic heterocycles. The van der Waals surface area contributed by atoms with Crippen molar-refractivity contribution in [2.75, 3.05) is 10.6 Å². The number of nitrogens with zero attached hydrogens (tertiary/aromatic N) is 6. The van der Waals surface area contributed by atoms with Gasteiger partial charge in [0.15, 0.2) is 5.82 Å². The van der Waals surface area contributed by atoms with Gasteiger partial charge in [0.25, 0.3) is 5.91 Å².